The number of ether oxygens (including phenoxy) is 1. The van der Waals surface area contributed by atoms with E-state index in [0.29, 0.717) is 12.0 Å². The molecule has 1 heterocycles. The van der Waals surface area contributed by atoms with Gasteiger partial charge in [0.25, 0.3) is 0 Å². The van der Waals surface area contributed by atoms with Crippen molar-refractivity contribution >= 4 is 0 Å². The third kappa shape index (κ3) is 3.47. The standard InChI is InChI=1S/C17H22FNO/c18-16-5-1-4-14(9-16)15-6-7-17(10-15)19-11-13-3-2-8-20-12-13/h1,3-5,9,15,17,19H,2,6-8,10-12H2/t15-,17-/m0/s1. The second kappa shape index (κ2) is 6.51. The summed E-state index contributed by atoms with van der Waals surface area (Å²) in [5, 5.41) is 3.62. The van der Waals surface area contributed by atoms with Crippen molar-refractivity contribution in [2.45, 2.75) is 37.6 Å². The van der Waals surface area contributed by atoms with Gasteiger partial charge in [0.2, 0.25) is 0 Å². The first kappa shape index (κ1) is 13.8. The molecule has 20 heavy (non-hydrogen) atoms. The highest BCUT2D eigenvalue weighted by molar-refractivity contribution is 5.22. The average Bonchev–Trinajstić information content (AvgIpc) is 2.95. The highest BCUT2D eigenvalue weighted by Crippen LogP contribution is 2.34. The molecule has 1 aromatic carbocycles. The van der Waals surface area contributed by atoms with E-state index in [9.17, 15) is 4.39 Å². The minimum Gasteiger partial charge on any atom is -0.377 e. The van der Waals surface area contributed by atoms with Gasteiger partial charge in [-0.1, -0.05) is 18.2 Å². The summed E-state index contributed by atoms with van der Waals surface area (Å²) in [6, 6.07) is 7.61. The molecule has 0 aromatic heterocycles. The molecule has 1 aromatic rings. The first-order chi connectivity index (χ1) is 9.81. The smallest absolute Gasteiger partial charge is 0.123 e. The second-order valence-electron chi connectivity index (χ2n) is 5.85. The Bertz CT molecular complexity index is 486. The molecule has 0 saturated heterocycles. The van der Waals surface area contributed by atoms with Crippen LogP contribution in [0, 0.1) is 5.82 Å². The molecular formula is C17H22FNO. The van der Waals surface area contributed by atoms with E-state index in [1.54, 1.807) is 6.07 Å². The van der Waals surface area contributed by atoms with Gasteiger partial charge >= 0.3 is 0 Å². The molecule has 1 N–H and O–H groups in total. The highest BCUT2D eigenvalue weighted by atomic mass is 19.1. The third-order valence-corrected chi connectivity index (χ3v) is 4.35. The van der Waals surface area contributed by atoms with Crippen LogP contribution in [0.4, 0.5) is 4.39 Å². The van der Waals surface area contributed by atoms with Crippen molar-refractivity contribution in [1.82, 2.24) is 5.32 Å². The van der Waals surface area contributed by atoms with Gasteiger partial charge in [-0.3, -0.25) is 0 Å². The van der Waals surface area contributed by atoms with Crippen LogP contribution in [0.25, 0.3) is 0 Å². The maximum Gasteiger partial charge on any atom is 0.123 e. The monoisotopic (exact) mass is 275 g/mol. The molecule has 0 unspecified atom stereocenters. The number of nitrogens with one attached hydrogen (secondary N) is 1. The Balaban J connectivity index is 1.50. The van der Waals surface area contributed by atoms with Crippen molar-refractivity contribution in [2.75, 3.05) is 19.8 Å². The normalized spacial score (nSPS) is 26.6. The summed E-state index contributed by atoms with van der Waals surface area (Å²) in [6.45, 7) is 2.56. The number of rotatable bonds is 4. The number of hydrogen-bond donors (Lipinski definition) is 1. The Hall–Kier alpha value is -1.19. The van der Waals surface area contributed by atoms with Crippen LogP contribution in [0.2, 0.25) is 0 Å². The van der Waals surface area contributed by atoms with Crippen molar-refractivity contribution in [3.63, 3.8) is 0 Å². The van der Waals surface area contributed by atoms with Gasteiger partial charge in [-0.2, -0.15) is 0 Å². The van der Waals surface area contributed by atoms with Crippen LogP contribution in [-0.4, -0.2) is 25.8 Å². The summed E-state index contributed by atoms with van der Waals surface area (Å²) in [4.78, 5) is 0. The van der Waals surface area contributed by atoms with Crippen molar-refractivity contribution in [2.24, 2.45) is 0 Å². The zero-order chi connectivity index (χ0) is 13.8. The minimum atomic E-state index is -0.122. The van der Waals surface area contributed by atoms with Crippen LogP contribution in [0.5, 0.6) is 0 Å². The Kier molecular flexibility index (Phi) is 4.48. The van der Waals surface area contributed by atoms with Gasteiger partial charge in [-0.15, -0.1) is 0 Å². The van der Waals surface area contributed by atoms with Crippen LogP contribution in [0.1, 0.15) is 37.2 Å². The van der Waals surface area contributed by atoms with E-state index in [-0.39, 0.29) is 5.82 Å². The quantitative estimate of drug-likeness (QED) is 0.850. The van der Waals surface area contributed by atoms with E-state index in [4.69, 9.17) is 4.74 Å². The molecule has 1 fully saturated rings. The first-order valence-electron chi connectivity index (χ1n) is 7.56. The van der Waals surface area contributed by atoms with Crippen LogP contribution >= 0.6 is 0 Å². The summed E-state index contributed by atoms with van der Waals surface area (Å²) in [6.07, 6.45) is 6.76. The fraction of sp³-hybridized carbons (Fsp3) is 0.529. The van der Waals surface area contributed by atoms with E-state index in [1.165, 1.54) is 18.1 Å². The zero-order valence-electron chi connectivity index (χ0n) is 11.8. The summed E-state index contributed by atoms with van der Waals surface area (Å²) in [5.41, 5.74) is 2.51. The van der Waals surface area contributed by atoms with Crippen LogP contribution in [-0.2, 0) is 4.74 Å². The fourth-order valence-corrected chi connectivity index (χ4v) is 3.24. The summed E-state index contributed by atoms with van der Waals surface area (Å²) >= 11 is 0. The Labute approximate surface area is 120 Å². The van der Waals surface area contributed by atoms with Gasteiger partial charge in [0.15, 0.2) is 0 Å². The molecule has 3 rings (SSSR count). The molecule has 3 heteroatoms. The van der Waals surface area contributed by atoms with Gasteiger partial charge in [0, 0.05) is 12.6 Å². The number of halogens is 1. The topological polar surface area (TPSA) is 21.3 Å². The molecule has 1 saturated carbocycles. The average molecular weight is 275 g/mol. The lowest BCUT2D eigenvalue weighted by atomic mass is 9.97. The molecule has 108 valence electrons. The van der Waals surface area contributed by atoms with Crippen LogP contribution < -0.4 is 5.32 Å². The maximum atomic E-state index is 13.3. The van der Waals surface area contributed by atoms with Gasteiger partial charge in [0.05, 0.1) is 13.2 Å². The first-order valence-corrected chi connectivity index (χ1v) is 7.56. The predicted octanol–water partition coefficient (Wildman–Crippen LogP) is 3.40. The zero-order valence-corrected chi connectivity index (χ0v) is 11.8. The molecule has 0 spiro atoms. The summed E-state index contributed by atoms with van der Waals surface area (Å²) in [5.74, 6) is 0.378. The SMILES string of the molecule is Fc1cccc([C@H]2CC[C@H](NCC3=CCCOC3)C2)c1. The molecule has 0 amide bonds. The van der Waals surface area contributed by atoms with Gasteiger partial charge in [-0.25, -0.2) is 4.39 Å². The summed E-state index contributed by atoms with van der Waals surface area (Å²) < 4.78 is 18.7. The third-order valence-electron chi connectivity index (χ3n) is 4.35. The summed E-state index contributed by atoms with van der Waals surface area (Å²) in [7, 11) is 0. The second-order valence-corrected chi connectivity index (χ2v) is 5.85. The van der Waals surface area contributed by atoms with E-state index in [2.05, 4.69) is 11.4 Å². The van der Waals surface area contributed by atoms with Crippen molar-refractivity contribution in [3.8, 4) is 0 Å². The van der Waals surface area contributed by atoms with Gasteiger partial charge in [-0.05, 0) is 54.9 Å². The van der Waals surface area contributed by atoms with Gasteiger partial charge < -0.3 is 10.1 Å². The molecule has 2 aliphatic rings. The molecule has 0 bridgehead atoms. The highest BCUT2D eigenvalue weighted by Gasteiger charge is 2.25. The van der Waals surface area contributed by atoms with E-state index < -0.39 is 0 Å². The lowest BCUT2D eigenvalue weighted by Crippen LogP contribution is -2.30. The van der Waals surface area contributed by atoms with E-state index >= 15 is 0 Å². The Morgan fingerprint density at radius 2 is 2.25 bits per heavy atom. The van der Waals surface area contributed by atoms with Crippen LogP contribution in [0.15, 0.2) is 35.9 Å². The molecule has 2 atom stereocenters. The largest absolute Gasteiger partial charge is 0.377 e. The molecule has 0 radical (unpaired) electrons. The number of hydrogen-bond acceptors (Lipinski definition) is 2. The molecule has 1 aliphatic heterocycles. The molecular weight excluding hydrogens is 253 g/mol. The van der Waals surface area contributed by atoms with E-state index in [0.717, 1.165) is 44.6 Å². The Morgan fingerprint density at radius 1 is 1.30 bits per heavy atom. The molecule has 1 aliphatic carbocycles. The predicted molar refractivity (Wildman–Crippen MR) is 78.3 cm³/mol. The Morgan fingerprint density at radius 3 is 3.05 bits per heavy atom. The van der Waals surface area contributed by atoms with Crippen molar-refractivity contribution < 1.29 is 9.13 Å². The van der Waals surface area contributed by atoms with Gasteiger partial charge in [0.1, 0.15) is 5.82 Å². The van der Waals surface area contributed by atoms with Crippen molar-refractivity contribution in [3.05, 3.63) is 47.3 Å². The van der Waals surface area contributed by atoms with Crippen LogP contribution in [0.3, 0.4) is 0 Å². The maximum absolute atomic E-state index is 13.3. The lowest BCUT2D eigenvalue weighted by Gasteiger charge is -2.18. The van der Waals surface area contributed by atoms with E-state index in [1.807, 2.05) is 12.1 Å². The lowest BCUT2D eigenvalue weighted by molar-refractivity contribution is 0.148. The fourth-order valence-electron chi connectivity index (χ4n) is 3.24. The minimum absolute atomic E-state index is 0.122. The molecule has 2 nitrogen and oxygen atoms in total. The van der Waals surface area contributed by atoms with Crippen molar-refractivity contribution in [1.29, 1.82) is 0 Å². The number of benzene rings is 1.